The molecule has 1 aromatic heterocycles. The molecule has 4 heteroatoms. The predicted octanol–water partition coefficient (Wildman–Crippen LogP) is 4.65. The lowest BCUT2D eigenvalue weighted by molar-refractivity contribution is 0.0982. The van der Waals surface area contributed by atoms with E-state index < -0.39 is 0 Å². The van der Waals surface area contributed by atoms with Gasteiger partial charge in [-0.25, -0.2) is 0 Å². The number of rotatable bonds is 4. The van der Waals surface area contributed by atoms with Crippen molar-refractivity contribution in [3.63, 3.8) is 0 Å². The van der Waals surface area contributed by atoms with Crippen LogP contribution in [0, 0.1) is 5.92 Å². The van der Waals surface area contributed by atoms with Crippen molar-refractivity contribution in [2.24, 2.45) is 5.92 Å². The second kappa shape index (κ2) is 4.45. The van der Waals surface area contributed by atoms with Crippen LogP contribution in [0.15, 0.2) is 14.3 Å². The summed E-state index contributed by atoms with van der Waals surface area (Å²) in [7, 11) is 0. The van der Waals surface area contributed by atoms with Crippen LogP contribution in [0.25, 0.3) is 0 Å². The summed E-state index contributed by atoms with van der Waals surface area (Å²) < 4.78 is 1.99. The highest BCUT2D eigenvalue weighted by molar-refractivity contribution is 9.13. The standard InChI is InChI=1S/C10H10Br2OS/c11-7-5-9(14-10(7)12)8(13)4-3-6-1-2-6/h5-6H,1-4H2. The van der Waals surface area contributed by atoms with Crippen LogP contribution in [0.5, 0.6) is 0 Å². The van der Waals surface area contributed by atoms with Gasteiger partial charge in [0.15, 0.2) is 5.78 Å². The number of carbonyl (C=O) groups excluding carboxylic acids is 1. The van der Waals surface area contributed by atoms with Crippen LogP contribution in [0.2, 0.25) is 0 Å². The van der Waals surface area contributed by atoms with E-state index in [-0.39, 0.29) is 5.78 Å². The molecule has 1 fully saturated rings. The van der Waals surface area contributed by atoms with Crippen molar-refractivity contribution in [1.29, 1.82) is 0 Å². The van der Waals surface area contributed by atoms with Gasteiger partial charge in [-0.1, -0.05) is 12.8 Å². The third-order valence-electron chi connectivity index (χ3n) is 2.40. The largest absolute Gasteiger partial charge is 0.293 e. The Bertz CT molecular complexity index is 336. The Labute approximate surface area is 104 Å². The van der Waals surface area contributed by atoms with Gasteiger partial charge in [-0.15, -0.1) is 11.3 Å². The minimum Gasteiger partial charge on any atom is -0.293 e. The highest BCUT2D eigenvalue weighted by Gasteiger charge is 2.22. The van der Waals surface area contributed by atoms with E-state index in [9.17, 15) is 4.79 Å². The third kappa shape index (κ3) is 2.67. The van der Waals surface area contributed by atoms with E-state index in [0.717, 1.165) is 25.5 Å². The SMILES string of the molecule is O=C(CCC1CC1)c1cc(Br)c(Br)s1. The molecule has 0 aliphatic heterocycles. The van der Waals surface area contributed by atoms with E-state index >= 15 is 0 Å². The predicted molar refractivity (Wildman–Crippen MR) is 66.0 cm³/mol. The normalized spacial score (nSPS) is 15.9. The molecule has 1 aliphatic carbocycles. The summed E-state index contributed by atoms with van der Waals surface area (Å²) in [6.07, 6.45) is 4.44. The van der Waals surface area contributed by atoms with Crippen LogP contribution in [-0.4, -0.2) is 5.78 Å². The Morgan fingerprint density at radius 1 is 1.50 bits per heavy atom. The van der Waals surface area contributed by atoms with Crippen LogP contribution < -0.4 is 0 Å². The maximum Gasteiger partial charge on any atom is 0.172 e. The van der Waals surface area contributed by atoms with E-state index in [1.807, 2.05) is 6.07 Å². The highest BCUT2D eigenvalue weighted by atomic mass is 79.9. The van der Waals surface area contributed by atoms with Crippen LogP contribution in [-0.2, 0) is 0 Å². The highest BCUT2D eigenvalue weighted by Crippen LogP contribution is 2.36. The van der Waals surface area contributed by atoms with Crippen LogP contribution in [0.4, 0.5) is 0 Å². The van der Waals surface area contributed by atoms with Crippen LogP contribution >= 0.6 is 43.2 Å². The van der Waals surface area contributed by atoms with Crippen molar-refractivity contribution in [3.8, 4) is 0 Å². The van der Waals surface area contributed by atoms with E-state index in [4.69, 9.17) is 0 Å². The van der Waals surface area contributed by atoms with Gasteiger partial charge in [-0.3, -0.25) is 4.79 Å². The molecule has 0 saturated heterocycles. The number of ketones is 1. The van der Waals surface area contributed by atoms with Crippen molar-refractivity contribution in [2.75, 3.05) is 0 Å². The molecule has 0 unspecified atom stereocenters. The number of Topliss-reactive ketones (excluding diaryl/α,β-unsaturated/α-hetero) is 1. The summed E-state index contributed by atoms with van der Waals surface area (Å²) in [5.41, 5.74) is 0. The second-order valence-corrected chi connectivity index (χ2v) is 6.86. The van der Waals surface area contributed by atoms with Crippen molar-refractivity contribution in [3.05, 3.63) is 19.2 Å². The summed E-state index contributed by atoms with van der Waals surface area (Å²) in [4.78, 5) is 12.6. The molecule has 0 aromatic carbocycles. The number of hydrogen-bond acceptors (Lipinski definition) is 2. The van der Waals surface area contributed by atoms with Crippen LogP contribution in [0.3, 0.4) is 0 Å². The first-order valence-electron chi connectivity index (χ1n) is 4.65. The maximum atomic E-state index is 11.7. The van der Waals surface area contributed by atoms with Crippen LogP contribution in [0.1, 0.15) is 35.4 Å². The number of hydrogen-bond donors (Lipinski definition) is 0. The molecule has 0 amide bonds. The lowest BCUT2D eigenvalue weighted by Crippen LogP contribution is -1.95. The molecule has 0 radical (unpaired) electrons. The van der Waals surface area contributed by atoms with E-state index in [0.29, 0.717) is 6.42 Å². The lowest BCUT2D eigenvalue weighted by Gasteiger charge is -1.95. The smallest absolute Gasteiger partial charge is 0.172 e. The summed E-state index contributed by atoms with van der Waals surface area (Å²) in [6.45, 7) is 0. The third-order valence-corrected chi connectivity index (χ3v) is 5.69. The summed E-state index contributed by atoms with van der Waals surface area (Å²) >= 11 is 8.30. The van der Waals surface area contributed by atoms with Crippen molar-refractivity contribution >= 4 is 49.0 Å². The van der Waals surface area contributed by atoms with Gasteiger partial charge in [0.2, 0.25) is 0 Å². The van der Waals surface area contributed by atoms with Crippen molar-refractivity contribution in [1.82, 2.24) is 0 Å². The molecule has 1 nitrogen and oxygen atoms in total. The molecule has 76 valence electrons. The second-order valence-electron chi connectivity index (χ2n) is 3.64. The fourth-order valence-corrected chi connectivity index (χ4v) is 3.35. The van der Waals surface area contributed by atoms with Gasteiger partial charge in [-0.05, 0) is 50.3 Å². The first-order valence-corrected chi connectivity index (χ1v) is 7.05. The molecule has 0 N–H and O–H groups in total. The first-order chi connectivity index (χ1) is 6.66. The van der Waals surface area contributed by atoms with Gasteiger partial charge in [0.25, 0.3) is 0 Å². The molecule has 0 spiro atoms. The van der Waals surface area contributed by atoms with Gasteiger partial charge in [0.05, 0.1) is 8.66 Å². The molecule has 2 rings (SSSR count). The van der Waals surface area contributed by atoms with Crippen molar-refractivity contribution in [2.45, 2.75) is 25.7 Å². The Morgan fingerprint density at radius 2 is 2.21 bits per heavy atom. The summed E-state index contributed by atoms with van der Waals surface area (Å²) in [6, 6.07) is 1.91. The number of halogens is 2. The van der Waals surface area contributed by atoms with Crippen molar-refractivity contribution < 1.29 is 4.79 Å². The number of carbonyl (C=O) groups is 1. The quantitative estimate of drug-likeness (QED) is 0.731. The molecular weight excluding hydrogens is 328 g/mol. The fourth-order valence-electron chi connectivity index (χ4n) is 1.35. The fraction of sp³-hybridized carbons (Fsp3) is 0.500. The van der Waals surface area contributed by atoms with E-state index in [1.54, 1.807) is 0 Å². The average molecular weight is 338 g/mol. The average Bonchev–Trinajstić information content (AvgIpc) is 2.91. The van der Waals surface area contributed by atoms with Gasteiger partial charge in [0, 0.05) is 10.9 Å². The Kier molecular flexibility index (Phi) is 3.45. The molecule has 1 heterocycles. The zero-order valence-electron chi connectivity index (χ0n) is 7.56. The molecule has 1 saturated carbocycles. The maximum absolute atomic E-state index is 11.7. The Hall–Kier alpha value is 0.330. The van der Waals surface area contributed by atoms with Gasteiger partial charge in [0.1, 0.15) is 0 Å². The summed E-state index contributed by atoms with van der Waals surface area (Å²) in [5.74, 6) is 1.12. The van der Waals surface area contributed by atoms with E-state index in [1.165, 1.54) is 24.2 Å². The first kappa shape index (κ1) is 10.8. The molecule has 0 atom stereocenters. The molecular formula is C10H10Br2OS. The van der Waals surface area contributed by atoms with Gasteiger partial charge < -0.3 is 0 Å². The Balaban J connectivity index is 1.95. The molecule has 0 bridgehead atoms. The van der Waals surface area contributed by atoms with Gasteiger partial charge >= 0.3 is 0 Å². The minimum absolute atomic E-state index is 0.285. The van der Waals surface area contributed by atoms with Gasteiger partial charge in [-0.2, -0.15) is 0 Å². The molecule has 1 aliphatic rings. The zero-order chi connectivity index (χ0) is 10.1. The Morgan fingerprint density at radius 3 is 2.71 bits per heavy atom. The minimum atomic E-state index is 0.285. The zero-order valence-corrected chi connectivity index (χ0v) is 11.5. The number of thiophene rings is 1. The van der Waals surface area contributed by atoms with E-state index in [2.05, 4.69) is 31.9 Å². The summed E-state index contributed by atoms with van der Waals surface area (Å²) in [5, 5.41) is 0. The molecule has 1 aromatic rings. The topological polar surface area (TPSA) is 17.1 Å². The lowest BCUT2D eigenvalue weighted by atomic mass is 10.1. The molecule has 14 heavy (non-hydrogen) atoms. The monoisotopic (exact) mass is 336 g/mol.